The van der Waals surface area contributed by atoms with Gasteiger partial charge < -0.3 is 15.4 Å². The first-order chi connectivity index (χ1) is 9.69. The monoisotopic (exact) mass is 296 g/mol. The maximum atomic E-state index is 11.8. The quantitative estimate of drug-likeness (QED) is 0.878. The Bertz CT molecular complexity index is 436. The zero-order valence-electron chi connectivity index (χ0n) is 11.7. The van der Waals surface area contributed by atoms with Crippen LogP contribution in [0.3, 0.4) is 0 Å². The minimum Gasteiger partial charge on any atom is -0.367 e. The van der Waals surface area contributed by atoms with E-state index in [1.807, 2.05) is 7.05 Å². The maximum absolute atomic E-state index is 11.8. The van der Waals surface area contributed by atoms with Gasteiger partial charge in [0, 0.05) is 16.8 Å². The number of hydrogen-bond donors (Lipinski definition) is 2. The van der Waals surface area contributed by atoms with E-state index in [2.05, 4.69) is 10.6 Å². The third kappa shape index (κ3) is 4.47. The first kappa shape index (κ1) is 15.3. The van der Waals surface area contributed by atoms with Crippen LogP contribution >= 0.6 is 11.6 Å². The zero-order valence-corrected chi connectivity index (χ0v) is 12.5. The molecular formula is C15H21ClN2O2. The lowest BCUT2D eigenvalue weighted by molar-refractivity contribution is -0.123. The van der Waals surface area contributed by atoms with Crippen molar-refractivity contribution in [3.8, 4) is 0 Å². The van der Waals surface area contributed by atoms with E-state index in [1.54, 1.807) is 24.3 Å². The summed E-state index contributed by atoms with van der Waals surface area (Å²) in [7, 11) is 1.94. The molecule has 0 saturated heterocycles. The second kappa shape index (κ2) is 7.62. The maximum Gasteiger partial charge on any atom is 0.250 e. The highest BCUT2D eigenvalue weighted by atomic mass is 35.5. The first-order valence-electron chi connectivity index (χ1n) is 7.03. The SMILES string of the molecule is CNC1CCCCC1OCC(=O)Nc1ccc(Cl)cc1. The summed E-state index contributed by atoms with van der Waals surface area (Å²) in [6, 6.07) is 7.40. The molecule has 2 rings (SSSR count). The van der Waals surface area contributed by atoms with Gasteiger partial charge in [-0.25, -0.2) is 0 Å². The molecule has 0 bridgehead atoms. The topological polar surface area (TPSA) is 50.4 Å². The van der Waals surface area contributed by atoms with Crippen molar-refractivity contribution in [3.63, 3.8) is 0 Å². The minimum atomic E-state index is -0.132. The molecule has 1 aromatic rings. The van der Waals surface area contributed by atoms with Crippen LogP contribution in [0.25, 0.3) is 0 Å². The molecule has 20 heavy (non-hydrogen) atoms. The van der Waals surface area contributed by atoms with Crippen molar-refractivity contribution in [1.82, 2.24) is 5.32 Å². The van der Waals surface area contributed by atoms with E-state index in [4.69, 9.17) is 16.3 Å². The van der Waals surface area contributed by atoms with Gasteiger partial charge >= 0.3 is 0 Å². The van der Waals surface area contributed by atoms with E-state index >= 15 is 0 Å². The Labute approximate surface area is 124 Å². The smallest absolute Gasteiger partial charge is 0.250 e. The predicted octanol–water partition coefficient (Wildman–Crippen LogP) is 2.83. The number of likely N-dealkylation sites (N-methyl/N-ethyl adjacent to an activating group) is 1. The Kier molecular flexibility index (Phi) is 5.83. The number of rotatable bonds is 5. The number of carbonyl (C=O) groups excluding carboxylic acids is 1. The van der Waals surface area contributed by atoms with Gasteiger partial charge in [-0.2, -0.15) is 0 Å². The Hall–Kier alpha value is -1.10. The van der Waals surface area contributed by atoms with Crippen LogP contribution in [-0.2, 0) is 9.53 Å². The van der Waals surface area contributed by atoms with Crippen molar-refractivity contribution in [3.05, 3.63) is 29.3 Å². The summed E-state index contributed by atoms with van der Waals surface area (Å²) in [5, 5.41) is 6.71. The number of ether oxygens (including phenoxy) is 1. The third-order valence-corrected chi connectivity index (χ3v) is 3.88. The molecule has 4 nitrogen and oxygen atoms in total. The normalized spacial score (nSPS) is 22.5. The molecule has 1 aliphatic rings. The van der Waals surface area contributed by atoms with E-state index < -0.39 is 0 Å². The van der Waals surface area contributed by atoms with Crippen molar-refractivity contribution in [2.75, 3.05) is 19.0 Å². The summed E-state index contributed by atoms with van der Waals surface area (Å²) in [5.74, 6) is -0.132. The van der Waals surface area contributed by atoms with Crippen LogP contribution in [0.2, 0.25) is 5.02 Å². The molecule has 2 N–H and O–H groups in total. The van der Waals surface area contributed by atoms with Crippen LogP contribution < -0.4 is 10.6 Å². The van der Waals surface area contributed by atoms with Crippen molar-refractivity contribution in [2.45, 2.75) is 37.8 Å². The number of halogens is 1. The summed E-state index contributed by atoms with van der Waals surface area (Å²) in [6.45, 7) is 0.0888. The van der Waals surface area contributed by atoms with Crippen molar-refractivity contribution >= 4 is 23.2 Å². The predicted molar refractivity (Wildman–Crippen MR) is 81.1 cm³/mol. The van der Waals surface area contributed by atoms with E-state index in [9.17, 15) is 4.79 Å². The van der Waals surface area contributed by atoms with Gasteiger partial charge in [-0.3, -0.25) is 4.79 Å². The molecule has 1 saturated carbocycles. The molecule has 0 heterocycles. The number of carbonyl (C=O) groups is 1. The lowest BCUT2D eigenvalue weighted by Crippen LogP contribution is -2.42. The van der Waals surface area contributed by atoms with Crippen molar-refractivity contribution in [2.24, 2.45) is 0 Å². The fourth-order valence-electron chi connectivity index (χ4n) is 2.54. The second-order valence-electron chi connectivity index (χ2n) is 5.08. The minimum absolute atomic E-state index is 0.0888. The summed E-state index contributed by atoms with van der Waals surface area (Å²) >= 11 is 5.80. The van der Waals surface area contributed by atoms with Crippen molar-refractivity contribution in [1.29, 1.82) is 0 Å². The van der Waals surface area contributed by atoms with E-state index in [0.29, 0.717) is 11.1 Å². The van der Waals surface area contributed by atoms with Crippen LogP contribution in [0.15, 0.2) is 24.3 Å². The highest BCUT2D eigenvalue weighted by Gasteiger charge is 2.24. The molecule has 1 amide bonds. The van der Waals surface area contributed by atoms with E-state index in [1.165, 1.54) is 12.8 Å². The molecule has 2 unspecified atom stereocenters. The van der Waals surface area contributed by atoms with Crippen LogP contribution in [0.4, 0.5) is 5.69 Å². The zero-order chi connectivity index (χ0) is 14.4. The Balaban J connectivity index is 1.78. The number of benzene rings is 1. The average molecular weight is 297 g/mol. The number of nitrogens with one attached hydrogen (secondary N) is 2. The summed E-state index contributed by atoms with van der Waals surface area (Å²) in [6.07, 6.45) is 4.65. The molecule has 2 atom stereocenters. The Morgan fingerprint density at radius 3 is 2.70 bits per heavy atom. The number of amides is 1. The third-order valence-electron chi connectivity index (χ3n) is 3.63. The average Bonchev–Trinajstić information content (AvgIpc) is 2.48. The Morgan fingerprint density at radius 1 is 1.30 bits per heavy atom. The molecule has 1 aromatic carbocycles. The standard InChI is InChI=1S/C15H21ClN2O2/c1-17-13-4-2-3-5-14(13)20-10-15(19)18-12-8-6-11(16)7-9-12/h6-9,13-14,17H,2-5,10H2,1H3,(H,18,19). The van der Waals surface area contributed by atoms with Gasteiger partial charge in [-0.05, 0) is 44.2 Å². The van der Waals surface area contributed by atoms with Gasteiger partial charge in [0.25, 0.3) is 0 Å². The van der Waals surface area contributed by atoms with Gasteiger partial charge in [0.2, 0.25) is 5.91 Å². The first-order valence-corrected chi connectivity index (χ1v) is 7.41. The molecular weight excluding hydrogens is 276 g/mol. The van der Waals surface area contributed by atoms with Gasteiger partial charge in [-0.1, -0.05) is 24.4 Å². The second-order valence-corrected chi connectivity index (χ2v) is 5.52. The molecule has 0 spiro atoms. The van der Waals surface area contributed by atoms with Gasteiger partial charge in [0.15, 0.2) is 0 Å². The van der Waals surface area contributed by atoms with Crippen molar-refractivity contribution < 1.29 is 9.53 Å². The lowest BCUT2D eigenvalue weighted by atomic mass is 9.92. The molecule has 1 fully saturated rings. The molecule has 0 radical (unpaired) electrons. The van der Waals surface area contributed by atoms with E-state index in [0.717, 1.165) is 18.5 Å². The fraction of sp³-hybridized carbons (Fsp3) is 0.533. The molecule has 1 aliphatic carbocycles. The summed E-state index contributed by atoms with van der Waals surface area (Å²) in [4.78, 5) is 11.8. The number of hydrogen-bond acceptors (Lipinski definition) is 3. The Morgan fingerprint density at radius 2 is 2.00 bits per heavy atom. The molecule has 0 aliphatic heterocycles. The lowest BCUT2D eigenvalue weighted by Gasteiger charge is -2.30. The summed E-state index contributed by atoms with van der Waals surface area (Å²) < 4.78 is 5.74. The molecule has 110 valence electrons. The van der Waals surface area contributed by atoms with Crippen LogP contribution in [0.1, 0.15) is 25.7 Å². The van der Waals surface area contributed by atoms with Crippen LogP contribution in [-0.4, -0.2) is 31.7 Å². The fourth-order valence-corrected chi connectivity index (χ4v) is 2.67. The van der Waals surface area contributed by atoms with Gasteiger partial charge in [0.1, 0.15) is 6.61 Å². The number of anilines is 1. The van der Waals surface area contributed by atoms with Crippen LogP contribution in [0.5, 0.6) is 0 Å². The summed E-state index contributed by atoms with van der Waals surface area (Å²) in [5.41, 5.74) is 0.733. The highest BCUT2D eigenvalue weighted by molar-refractivity contribution is 6.30. The molecule has 0 aromatic heterocycles. The van der Waals surface area contributed by atoms with E-state index in [-0.39, 0.29) is 18.6 Å². The highest BCUT2D eigenvalue weighted by Crippen LogP contribution is 2.21. The van der Waals surface area contributed by atoms with Gasteiger partial charge in [0.05, 0.1) is 6.10 Å². The largest absolute Gasteiger partial charge is 0.367 e. The van der Waals surface area contributed by atoms with Crippen LogP contribution in [0, 0.1) is 0 Å². The molecule has 5 heteroatoms. The van der Waals surface area contributed by atoms with Gasteiger partial charge in [-0.15, -0.1) is 0 Å².